The SMILES string of the molecule is Cc1cc2ccccc2n1CCCNC(=O)c1ccccc1Cl. The number of aryl methyl sites for hydroxylation is 2. The molecule has 1 heterocycles. The Kier molecular flexibility index (Phi) is 4.68. The smallest absolute Gasteiger partial charge is 0.252 e. The van der Waals surface area contributed by atoms with Gasteiger partial charge in [-0.05, 0) is 43.0 Å². The lowest BCUT2D eigenvalue weighted by molar-refractivity contribution is 0.0953. The highest BCUT2D eigenvalue weighted by Gasteiger charge is 2.09. The molecule has 0 saturated carbocycles. The molecule has 0 radical (unpaired) electrons. The van der Waals surface area contributed by atoms with Gasteiger partial charge in [-0.25, -0.2) is 0 Å². The number of rotatable bonds is 5. The van der Waals surface area contributed by atoms with E-state index in [1.165, 1.54) is 16.6 Å². The van der Waals surface area contributed by atoms with E-state index in [4.69, 9.17) is 11.6 Å². The second-order valence-corrected chi connectivity index (χ2v) is 5.99. The highest BCUT2D eigenvalue weighted by Crippen LogP contribution is 2.19. The topological polar surface area (TPSA) is 34.0 Å². The van der Waals surface area contributed by atoms with Crippen LogP contribution in [0, 0.1) is 6.92 Å². The summed E-state index contributed by atoms with van der Waals surface area (Å²) >= 11 is 6.03. The summed E-state index contributed by atoms with van der Waals surface area (Å²) in [7, 11) is 0. The van der Waals surface area contributed by atoms with Gasteiger partial charge in [0, 0.05) is 24.3 Å². The third-order valence-electron chi connectivity index (χ3n) is 3.98. The molecule has 1 amide bonds. The fraction of sp³-hybridized carbons (Fsp3) is 0.211. The number of para-hydroxylation sites is 1. The van der Waals surface area contributed by atoms with E-state index in [2.05, 4.69) is 47.1 Å². The number of carbonyl (C=O) groups excluding carboxylic acids is 1. The minimum atomic E-state index is -0.121. The minimum absolute atomic E-state index is 0.121. The first-order chi connectivity index (χ1) is 11.2. The fourth-order valence-corrected chi connectivity index (χ4v) is 3.05. The van der Waals surface area contributed by atoms with Crippen molar-refractivity contribution in [2.45, 2.75) is 19.9 Å². The number of nitrogens with one attached hydrogen (secondary N) is 1. The van der Waals surface area contributed by atoms with E-state index in [-0.39, 0.29) is 5.91 Å². The summed E-state index contributed by atoms with van der Waals surface area (Å²) in [6, 6.07) is 17.6. The van der Waals surface area contributed by atoms with Crippen molar-refractivity contribution in [3.8, 4) is 0 Å². The Balaban J connectivity index is 1.58. The maximum Gasteiger partial charge on any atom is 0.252 e. The second-order valence-electron chi connectivity index (χ2n) is 5.59. The number of amides is 1. The van der Waals surface area contributed by atoms with Crippen molar-refractivity contribution in [3.63, 3.8) is 0 Å². The molecule has 0 aliphatic carbocycles. The third kappa shape index (κ3) is 3.40. The predicted octanol–water partition coefficient (Wildman–Crippen LogP) is 4.42. The summed E-state index contributed by atoms with van der Waals surface area (Å²) in [5.74, 6) is -0.121. The summed E-state index contributed by atoms with van der Waals surface area (Å²) in [5, 5.41) is 4.67. The molecule has 4 heteroatoms. The Morgan fingerprint density at radius 3 is 2.70 bits per heavy atom. The number of benzene rings is 2. The number of fused-ring (bicyclic) bond motifs is 1. The molecule has 0 unspecified atom stereocenters. The molecular formula is C19H19ClN2O. The number of hydrogen-bond donors (Lipinski definition) is 1. The molecular weight excluding hydrogens is 308 g/mol. The number of nitrogens with zero attached hydrogens (tertiary/aromatic N) is 1. The first-order valence-electron chi connectivity index (χ1n) is 7.74. The fourth-order valence-electron chi connectivity index (χ4n) is 2.82. The van der Waals surface area contributed by atoms with Gasteiger partial charge in [0.2, 0.25) is 0 Å². The molecule has 0 bridgehead atoms. The number of hydrogen-bond acceptors (Lipinski definition) is 1. The van der Waals surface area contributed by atoms with Crippen LogP contribution in [0.25, 0.3) is 10.9 Å². The molecule has 3 rings (SSSR count). The van der Waals surface area contributed by atoms with E-state index in [1.807, 2.05) is 12.1 Å². The van der Waals surface area contributed by atoms with Crippen LogP contribution >= 0.6 is 11.6 Å². The minimum Gasteiger partial charge on any atom is -0.352 e. The van der Waals surface area contributed by atoms with Crippen LogP contribution < -0.4 is 5.32 Å². The zero-order valence-corrected chi connectivity index (χ0v) is 13.8. The molecule has 118 valence electrons. The second kappa shape index (κ2) is 6.88. The van der Waals surface area contributed by atoms with Gasteiger partial charge in [0.05, 0.1) is 10.6 Å². The van der Waals surface area contributed by atoms with Crippen LogP contribution in [-0.4, -0.2) is 17.0 Å². The first-order valence-corrected chi connectivity index (χ1v) is 8.12. The van der Waals surface area contributed by atoms with Crippen LogP contribution in [-0.2, 0) is 6.54 Å². The van der Waals surface area contributed by atoms with E-state index in [0.29, 0.717) is 17.1 Å². The normalized spacial score (nSPS) is 10.9. The average molecular weight is 327 g/mol. The van der Waals surface area contributed by atoms with Gasteiger partial charge in [0.1, 0.15) is 0 Å². The predicted molar refractivity (Wildman–Crippen MR) is 95.1 cm³/mol. The van der Waals surface area contributed by atoms with Gasteiger partial charge in [0.15, 0.2) is 0 Å². The molecule has 0 aliphatic heterocycles. The Morgan fingerprint density at radius 1 is 1.13 bits per heavy atom. The zero-order valence-electron chi connectivity index (χ0n) is 13.1. The molecule has 0 fully saturated rings. The lowest BCUT2D eigenvalue weighted by Gasteiger charge is -2.10. The van der Waals surface area contributed by atoms with Crippen LogP contribution in [0.1, 0.15) is 22.5 Å². The standard InChI is InChI=1S/C19H19ClN2O/c1-14-13-15-7-2-5-10-18(15)22(14)12-6-11-21-19(23)16-8-3-4-9-17(16)20/h2-5,7-10,13H,6,11-12H2,1H3,(H,21,23). The molecule has 0 atom stereocenters. The molecule has 1 aromatic heterocycles. The lowest BCUT2D eigenvalue weighted by atomic mass is 10.2. The summed E-state index contributed by atoms with van der Waals surface area (Å²) < 4.78 is 2.29. The van der Waals surface area contributed by atoms with Gasteiger partial charge in [-0.3, -0.25) is 4.79 Å². The molecule has 2 aromatic carbocycles. The molecule has 23 heavy (non-hydrogen) atoms. The number of halogens is 1. The molecule has 1 N–H and O–H groups in total. The largest absolute Gasteiger partial charge is 0.352 e. The van der Waals surface area contributed by atoms with Crippen molar-refractivity contribution in [3.05, 3.63) is 70.9 Å². The van der Waals surface area contributed by atoms with Crippen molar-refractivity contribution < 1.29 is 4.79 Å². The summed E-state index contributed by atoms with van der Waals surface area (Å²) in [6.45, 7) is 3.61. The van der Waals surface area contributed by atoms with Crippen molar-refractivity contribution in [2.24, 2.45) is 0 Å². The van der Waals surface area contributed by atoms with Crippen LogP contribution in [0.3, 0.4) is 0 Å². The molecule has 0 saturated heterocycles. The van der Waals surface area contributed by atoms with Gasteiger partial charge >= 0.3 is 0 Å². The van der Waals surface area contributed by atoms with Crippen molar-refractivity contribution in [1.82, 2.24) is 9.88 Å². The molecule has 3 nitrogen and oxygen atoms in total. The Hall–Kier alpha value is -2.26. The van der Waals surface area contributed by atoms with Gasteiger partial charge < -0.3 is 9.88 Å². The van der Waals surface area contributed by atoms with E-state index < -0.39 is 0 Å². The molecule has 0 aliphatic rings. The Labute approximate surface area is 140 Å². The molecule has 0 spiro atoms. The summed E-state index contributed by atoms with van der Waals surface area (Å²) in [6.07, 6.45) is 0.871. The van der Waals surface area contributed by atoms with Crippen molar-refractivity contribution in [2.75, 3.05) is 6.54 Å². The average Bonchev–Trinajstić information content (AvgIpc) is 2.87. The van der Waals surface area contributed by atoms with E-state index >= 15 is 0 Å². The van der Waals surface area contributed by atoms with Crippen molar-refractivity contribution >= 4 is 28.4 Å². The van der Waals surface area contributed by atoms with E-state index in [1.54, 1.807) is 12.1 Å². The van der Waals surface area contributed by atoms with Gasteiger partial charge in [-0.2, -0.15) is 0 Å². The summed E-state index contributed by atoms with van der Waals surface area (Å²) in [4.78, 5) is 12.1. The summed E-state index contributed by atoms with van der Waals surface area (Å²) in [5.41, 5.74) is 3.00. The van der Waals surface area contributed by atoms with Crippen LogP contribution in [0.15, 0.2) is 54.6 Å². The zero-order chi connectivity index (χ0) is 16.2. The third-order valence-corrected chi connectivity index (χ3v) is 4.31. The highest BCUT2D eigenvalue weighted by atomic mass is 35.5. The van der Waals surface area contributed by atoms with E-state index in [0.717, 1.165) is 13.0 Å². The Bertz CT molecular complexity index is 838. The van der Waals surface area contributed by atoms with E-state index in [9.17, 15) is 4.79 Å². The lowest BCUT2D eigenvalue weighted by Crippen LogP contribution is -2.25. The quantitative estimate of drug-likeness (QED) is 0.692. The van der Waals surface area contributed by atoms with Gasteiger partial charge in [0.25, 0.3) is 5.91 Å². The van der Waals surface area contributed by atoms with Crippen molar-refractivity contribution in [1.29, 1.82) is 0 Å². The Morgan fingerprint density at radius 2 is 1.87 bits per heavy atom. The number of aromatic nitrogens is 1. The monoisotopic (exact) mass is 326 g/mol. The van der Waals surface area contributed by atoms with Gasteiger partial charge in [-0.1, -0.05) is 41.9 Å². The van der Waals surface area contributed by atoms with Gasteiger partial charge in [-0.15, -0.1) is 0 Å². The maximum atomic E-state index is 12.1. The number of carbonyl (C=O) groups is 1. The van der Waals surface area contributed by atoms with Crippen LogP contribution in [0.5, 0.6) is 0 Å². The van der Waals surface area contributed by atoms with Crippen LogP contribution in [0.2, 0.25) is 5.02 Å². The van der Waals surface area contributed by atoms with Crippen LogP contribution in [0.4, 0.5) is 0 Å². The molecule has 3 aromatic rings. The maximum absolute atomic E-state index is 12.1. The highest BCUT2D eigenvalue weighted by molar-refractivity contribution is 6.33. The first kappa shape index (κ1) is 15.6.